The van der Waals surface area contributed by atoms with Crippen molar-refractivity contribution < 1.29 is 4.74 Å². The molecule has 0 fully saturated rings. The lowest BCUT2D eigenvalue weighted by molar-refractivity contribution is 0.124. The number of nitrogens with two attached hydrogens (primary N) is 1. The van der Waals surface area contributed by atoms with E-state index in [1.54, 1.807) is 23.5 Å². The molecular formula is C13H14ClNOS. The average molecular weight is 268 g/mol. The normalized spacial score (nSPS) is 10.6. The molecule has 1 heterocycles. The van der Waals surface area contributed by atoms with Gasteiger partial charge in [-0.3, -0.25) is 0 Å². The van der Waals surface area contributed by atoms with Gasteiger partial charge in [0.2, 0.25) is 0 Å². The highest BCUT2D eigenvalue weighted by atomic mass is 35.5. The van der Waals surface area contributed by atoms with Crippen LogP contribution in [0, 0.1) is 0 Å². The average Bonchev–Trinajstić information content (AvgIpc) is 2.82. The van der Waals surface area contributed by atoms with E-state index in [1.165, 1.54) is 4.88 Å². The first-order valence-corrected chi connectivity index (χ1v) is 6.65. The van der Waals surface area contributed by atoms with E-state index < -0.39 is 0 Å². The first-order chi connectivity index (χ1) is 8.25. The largest absolute Gasteiger partial charge is 0.399 e. The number of halogens is 1. The van der Waals surface area contributed by atoms with Gasteiger partial charge < -0.3 is 10.5 Å². The molecule has 0 atom stereocenters. The molecule has 0 amide bonds. The predicted molar refractivity (Wildman–Crippen MR) is 73.5 cm³/mol. The van der Waals surface area contributed by atoms with Crippen LogP contribution < -0.4 is 5.73 Å². The van der Waals surface area contributed by atoms with Gasteiger partial charge in [-0.15, -0.1) is 11.3 Å². The number of anilines is 1. The Hall–Kier alpha value is -1.03. The van der Waals surface area contributed by atoms with E-state index in [-0.39, 0.29) is 0 Å². The summed E-state index contributed by atoms with van der Waals surface area (Å²) in [5.41, 5.74) is 7.35. The maximum atomic E-state index is 6.04. The van der Waals surface area contributed by atoms with Crippen molar-refractivity contribution in [3.05, 3.63) is 51.2 Å². The van der Waals surface area contributed by atoms with Gasteiger partial charge in [-0.2, -0.15) is 0 Å². The Morgan fingerprint density at radius 2 is 2.18 bits per heavy atom. The Kier molecular flexibility index (Phi) is 4.42. The summed E-state index contributed by atoms with van der Waals surface area (Å²) in [6, 6.07) is 9.61. The highest BCUT2D eigenvalue weighted by molar-refractivity contribution is 7.09. The summed E-state index contributed by atoms with van der Waals surface area (Å²) in [6.45, 7) is 1.21. The molecular weight excluding hydrogens is 254 g/mol. The Labute approximate surface area is 110 Å². The minimum atomic E-state index is 0.509. The lowest BCUT2D eigenvalue weighted by atomic mass is 10.2. The molecule has 0 bridgehead atoms. The number of rotatable bonds is 5. The van der Waals surface area contributed by atoms with E-state index in [0.717, 1.165) is 12.0 Å². The lowest BCUT2D eigenvalue weighted by Gasteiger charge is -2.06. The third-order valence-corrected chi connectivity index (χ3v) is 3.71. The van der Waals surface area contributed by atoms with E-state index in [2.05, 4.69) is 17.5 Å². The van der Waals surface area contributed by atoms with Crippen LogP contribution in [0.25, 0.3) is 0 Å². The molecule has 4 heteroatoms. The number of hydrogen-bond donors (Lipinski definition) is 1. The highest BCUT2D eigenvalue weighted by Gasteiger charge is 2.01. The summed E-state index contributed by atoms with van der Waals surface area (Å²) in [7, 11) is 0. The molecule has 0 radical (unpaired) electrons. The van der Waals surface area contributed by atoms with Crippen LogP contribution in [0.2, 0.25) is 5.02 Å². The van der Waals surface area contributed by atoms with Crippen molar-refractivity contribution in [2.24, 2.45) is 0 Å². The Morgan fingerprint density at radius 1 is 1.29 bits per heavy atom. The van der Waals surface area contributed by atoms with Crippen molar-refractivity contribution >= 4 is 28.6 Å². The standard InChI is InChI=1S/C13H14ClNOS/c14-13-4-3-11(15)8-10(13)9-16-6-5-12-2-1-7-17-12/h1-4,7-8H,5-6,9,15H2. The fourth-order valence-corrected chi connectivity index (χ4v) is 2.38. The van der Waals surface area contributed by atoms with Gasteiger partial charge in [0.1, 0.15) is 0 Å². The van der Waals surface area contributed by atoms with E-state index in [1.807, 2.05) is 6.07 Å². The fourth-order valence-electron chi connectivity index (χ4n) is 1.51. The molecule has 0 aliphatic rings. The van der Waals surface area contributed by atoms with E-state index >= 15 is 0 Å². The van der Waals surface area contributed by atoms with Crippen molar-refractivity contribution in [3.63, 3.8) is 0 Å². The fraction of sp³-hybridized carbons (Fsp3) is 0.231. The van der Waals surface area contributed by atoms with E-state index in [9.17, 15) is 0 Å². The molecule has 0 aliphatic heterocycles. The van der Waals surface area contributed by atoms with Crippen LogP contribution in [0.5, 0.6) is 0 Å². The molecule has 0 saturated carbocycles. The lowest BCUT2D eigenvalue weighted by Crippen LogP contribution is -1.99. The minimum absolute atomic E-state index is 0.509. The molecule has 1 aromatic carbocycles. The summed E-state index contributed by atoms with van der Waals surface area (Å²) >= 11 is 7.79. The van der Waals surface area contributed by atoms with Gasteiger partial charge in [0.05, 0.1) is 13.2 Å². The molecule has 1 aromatic heterocycles. The van der Waals surface area contributed by atoms with Crippen LogP contribution in [0.3, 0.4) is 0 Å². The molecule has 2 aromatic rings. The van der Waals surface area contributed by atoms with Crippen molar-refractivity contribution in [2.75, 3.05) is 12.3 Å². The van der Waals surface area contributed by atoms with Crippen molar-refractivity contribution in [3.8, 4) is 0 Å². The maximum absolute atomic E-state index is 6.04. The first-order valence-electron chi connectivity index (χ1n) is 5.40. The van der Waals surface area contributed by atoms with Crippen LogP contribution >= 0.6 is 22.9 Å². The number of nitrogen functional groups attached to an aromatic ring is 1. The summed E-state index contributed by atoms with van der Waals surface area (Å²) in [5, 5.41) is 2.78. The van der Waals surface area contributed by atoms with Gasteiger partial charge >= 0.3 is 0 Å². The zero-order chi connectivity index (χ0) is 12.1. The molecule has 2 nitrogen and oxygen atoms in total. The second kappa shape index (κ2) is 6.05. The molecule has 2 rings (SSSR count). The van der Waals surface area contributed by atoms with Gasteiger partial charge in [0.15, 0.2) is 0 Å². The zero-order valence-electron chi connectivity index (χ0n) is 9.36. The Bertz CT molecular complexity index is 470. The summed E-state index contributed by atoms with van der Waals surface area (Å²) < 4.78 is 5.60. The van der Waals surface area contributed by atoms with E-state index in [4.69, 9.17) is 22.1 Å². The van der Waals surface area contributed by atoms with Gasteiger partial charge in [-0.1, -0.05) is 17.7 Å². The van der Waals surface area contributed by atoms with Crippen molar-refractivity contribution in [1.29, 1.82) is 0 Å². The van der Waals surface area contributed by atoms with Crippen LogP contribution in [0.15, 0.2) is 35.7 Å². The number of ether oxygens (including phenoxy) is 1. The smallest absolute Gasteiger partial charge is 0.0732 e. The SMILES string of the molecule is Nc1ccc(Cl)c(COCCc2cccs2)c1. The second-order valence-corrected chi connectivity index (χ2v) is 5.17. The second-order valence-electron chi connectivity index (χ2n) is 3.73. The monoisotopic (exact) mass is 267 g/mol. The summed E-state index contributed by atoms with van der Waals surface area (Å²) in [4.78, 5) is 1.34. The van der Waals surface area contributed by atoms with Gasteiger partial charge in [0, 0.05) is 22.0 Å². The van der Waals surface area contributed by atoms with Crippen molar-refractivity contribution in [2.45, 2.75) is 13.0 Å². The molecule has 17 heavy (non-hydrogen) atoms. The van der Waals surface area contributed by atoms with Crippen LogP contribution in [-0.2, 0) is 17.8 Å². The van der Waals surface area contributed by atoms with Crippen LogP contribution in [0.1, 0.15) is 10.4 Å². The first kappa shape index (κ1) is 12.4. The molecule has 0 unspecified atom stereocenters. The Balaban J connectivity index is 1.80. The molecule has 2 N–H and O–H groups in total. The predicted octanol–water partition coefficient (Wildman–Crippen LogP) is 3.74. The maximum Gasteiger partial charge on any atom is 0.0732 e. The van der Waals surface area contributed by atoms with Crippen molar-refractivity contribution in [1.82, 2.24) is 0 Å². The zero-order valence-corrected chi connectivity index (χ0v) is 10.9. The third kappa shape index (κ3) is 3.73. The van der Waals surface area contributed by atoms with E-state index in [0.29, 0.717) is 23.9 Å². The van der Waals surface area contributed by atoms with Gasteiger partial charge in [-0.05, 0) is 35.2 Å². The molecule has 90 valence electrons. The van der Waals surface area contributed by atoms with Crippen LogP contribution in [-0.4, -0.2) is 6.61 Å². The number of benzene rings is 1. The number of hydrogen-bond acceptors (Lipinski definition) is 3. The topological polar surface area (TPSA) is 35.2 Å². The molecule has 0 spiro atoms. The van der Waals surface area contributed by atoms with Gasteiger partial charge in [-0.25, -0.2) is 0 Å². The molecule has 0 saturated heterocycles. The highest BCUT2D eigenvalue weighted by Crippen LogP contribution is 2.19. The minimum Gasteiger partial charge on any atom is -0.399 e. The quantitative estimate of drug-likeness (QED) is 0.662. The Morgan fingerprint density at radius 3 is 2.94 bits per heavy atom. The van der Waals surface area contributed by atoms with Crippen LogP contribution in [0.4, 0.5) is 5.69 Å². The van der Waals surface area contributed by atoms with Gasteiger partial charge in [0.25, 0.3) is 0 Å². The molecule has 0 aliphatic carbocycles. The number of thiophene rings is 1. The summed E-state index contributed by atoms with van der Waals surface area (Å²) in [5.74, 6) is 0. The third-order valence-electron chi connectivity index (χ3n) is 2.40. The summed E-state index contributed by atoms with van der Waals surface area (Å²) in [6.07, 6.45) is 0.942.